The van der Waals surface area contributed by atoms with E-state index in [0.29, 0.717) is 0 Å². The number of rotatable bonds is 3. The predicted octanol–water partition coefficient (Wildman–Crippen LogP) is 5.99. The van der Waals surface area contributed by atoms with Gasteiger partial charge in [-0.05, 0) is 40.6 Å². The number of para-hydroxylation sites is 1. The fourth-order valence-corrected chi connectivity index (χ4v) is 4.56. The lowest BCUT2D eigenvalue weighted by Crippen LogP contribution is -2.33. The van der Waals surface area contributed by atoms with Gasteiger partial charge in [-0.25, -0.2) is 5.01 Å². The van der Waals surface area contributed by atoms with Crippen LogP contribution in [0.1, 0.15) is 35.4 Å². The largest absolute Gasteiger partial charge is 0.464 e. The predicted molar refractivity (Wildman–Crippen MR) is 123 cm³/mol. The molecule has 0 N–H and O–H groups in total. The zero-order valence-electron chi connectivity index (χ0n) is 17.1. The average molecular weight is 421 g/mol. The Labute approximate surface area is 184 Å². The van der Waals surface area contributed by atoms with Crippen LogP contribution in [-0.4, -0.2) is 15.6 Å². The Balaban J connectivity index is 1.42. The number of nitro benzene ring substituents is 1. The molecule has 2 atom stereocenters. The lowest BCUT2D eigenvalue weighted by Gasteiger charge is -2.38. The monoisotopic (exact) mass is 421 g/mol. The van der Waals surface area contributed by atoms with E-state index in [-0.39, 0.29) is 11.7 Å². The van der Waals surface area contributed by atoms with Crippen LogP contribution < -0.4 is 4.74 Å². The minimum absolute atomic E-state index is 0.0432. The molecule has 0 aromatic heterocycles. The van der Waals surface area contributed by atoms with Gasteiger partial charge in [0.15, 0.2) is 0 Å². The number of benzene rings is 4. The molecule has 4 aromatic carbocycles. The standard InChI is InChI=1S/C26H19N3O3/c30-29(31)21-13-11-18(12-14-21)26-28-24(22-7-3-4-8-25(22)32-26)16-23(27-28)20-10-9-17-5-1-2-6-19(17)15-20/h1-15,24,26H,16H2/t24-,26-/m1/s1. The molecular formula is C26H19N3O3. The number of nitrogens with zero attached hydrogens (tertiary/aromatic N) is 3. The Kier molecular flexibility index (Phi) is 4.18. The molecule has 0 amide bonds. The van der Waals surface area contributed by atoms with Gasteiger partial charge in [0.2, 0.25) is 6.23 Å². The highest BCUT2D eigenvalue weighted by Crippen LogP contribution is 2.47. The summed E-state index contributed by atoms with van der Waals surface area (Å²) in [6, 6.07) is 29.3. The van der Waals surface area contributed by atoms with Crippen molar-refractivity contribution in [2.24, 2.45) is 5.10 Å². The number of hydrogen-bond acceptors (Lipinski definition) is 5. The highest BCUT2D eigenvalue weighted by Gasteiger charge is 2.40. The number of fused-ring (bicyclic) bond motifs is 4. The van der Waals surface area contributed by atoms with E-state index in [1.54, 1.807) is 12.1 Å². The first-order valence-corrected chi connectivity index (χ1v) is 10.5. The average Bonchev–Trinajstić information content (AvgIpc) is 3.29. The van der Waals surface area contributed by atoms with Crippen molar-refractivity contribution in [2.75, 3.05) is 0 Å². The number of hydrazone groups is 1. The maximum Gasteiger partial charge on any atom is 0.269 e. The number of ether oxygens (including phenoxy) is 1. The lowest BCUT2D eigenvalue weighted by atomic mass is 9.95. The fraction of sp³-hybridized carbons (Fsp3) is 0.115. The van der Waals surface area contributed by atoms with Crippen LogP contribution in [0.3, 0.4) is 0 Å². The van der Waals surface area contributed by atoms with E-state index >= 15 is 0 Å². The van der Waals surface area contributed by atoms with E-state index in [2.05, 4.69) is 36.4 Å². The van der Waals surface area contributed by atoms with Crippen molar-refractivity contribution in [2.45, 2.75) is 18.7 Å². The first kappa shape index (κ1) is 18.6. The van der Waals surface area contributed by atoms with Gasteiger partial charge in [0, 0.05) is 29.7 Å². The van der Waals surface area contributed by atoms with Crippen LogP contribution >= 0.6 is 0 Å². The summed E-state index contributed by atoms with van der Waals surface area (Å²) >= 11 is 0. The molecule has 0 spiro atoms. The molecule has 156 valence electrons. The molecule has 0 radical (unpaired) electrons. The molecule has 0 saturated heterocycles. The van der Waals surface area contributed by atoms with Crippen LogP contribution in [0.4, 0.5) is 5.69 Å². The number of nitro groups is 1. The Morgan fingerprint density at radius 1 is 0.906 bits per heavy atom. The molecule has 4 aromatic rings. The highest BCUT2D eigenvalue weighted by atomic mass is 16.6. The Hall–Kier alpha value is -4.19. The van der Waals surface area contributed by atoms with Crippen molar-refractivity contribution in [3.8, 4) is 5.75 Å². The Bertz CT molecular complexity index is 1380. The molecule has 0 unspecified atom stereocenters. The van der Waals surface area contributed by atoms with Crippen LogP contribution in [0.5, 0.6) is 5.75 Å². The van der Waals surface area contributed by atoms with Gasteiger partial charge in [0.1, 0.15) is 5.75 Å². The summed E-state index contributed by atoms with van der Waals surface area (Å²) in [5.41, 5.74) is 4.10. The maximum atomic E-state index is 11.1. The second-order valence-corrected chi connectivity index (χ2v) is 8.07. The van der Waals surface area contributed by atoms with E-state index in [0.717, 1.165) is 34.6 Å². The topological polar surface area (TPSA) is 68.0 Å². The van der Waals surface area contributed by atoms with Crippen LogP contribution in [0, 0.1) is 10.1 Å². The number of hydrogen-bond donors (Lipinski definition) is 0. The molecule has 32 heavy (non-hydrogen) atoms. The molecule has 6 nitrogen and oxygen atoms in total. The summed E-state index contributed by atoms with van der Waals surface area (Å²) in [5.74, 6) is 0.826. The van der Waals surface area contributed by atoms with Gasteiger partial charge < -0.3 is 4.74 Å². The van der Waals surface area contributed by atoms with Gasteiger partial charge in [-0.3, -0.25) is 10.1 Å². The minimum Gasteiger partial charge on any atom is -0.464 e. The lowest BCUT2D eigenvalue weighted by molar-refractivity contribution is -0.384. The van der Waals surface area contributed by atoms with Crippen LogP contribution in [0.15, 0.2) is 96.1 Å². The van der Waals surface area contributed by atoms with E-state index in [4.69, 9.17) is 9.84 Å². The molecule has 0 fully saturated rings. The van der Waals surface area contributed by atoms with Crippen molar-refractivity contribution in [3.63, 3.8) is 0 Å². The molecule has 6 rings (SSSR count). The van der Waals surface area contributed by atoms with E-state index in [9.17, 15) is 10.1 Å². The zero-order valence-corrected chi connectivity index (χ0v) is 17.1. The summed E-state index contributed by atoms with van der Waals surface area (Å²) < 4.78 is 6.34. The van der Waals surface area contributed by atoms with Crippen molar-refractivity contribution in [3.05, 3.63) is 118 Å². The smallest absolute Gasteiger partial charge is 0.269 e. The van der Waals surface area contributed by atoms with Gasteiger partial charge >= 0.3 is 0 Å². The van der Waals surface area contributed by atoms with Crippen molar-refractivity contribution < 1.29 is 9.66 Å². The number of non-ortho nitro benzene ring substituents is 1. The third kappa shape index (κ3) is 3.00. The summed E-state index contributed by atoms with van der Waals surface area (Å²) in [6.07, 6.45) is 0.316. The van der Waals surface area contributed by atoms with Crippen LogP contribution in [0.25, 0.3) is 10.8 Å². The molecular weight excluding hydrogens is 402 g/mol. The van der Waals surface area contributed by atoms with Crippen molar-refractivity contribution in [1.29, 1.82) is 0 Å². The molecule has 0 bridgehead atoms. The second-order valence-electron chi connectivity index (χ2n) is 8.07. The van der Waals surface area contributed by atoms with Gasteiger partial charge in [-0.2, -0.15) is 5.10 Å². The molecule has 0 aliphatic carbocycles. The third-order valence-electron chi connectivity index (χ3n) is 6.17. The van der Waals surface area contributed by atoms with Gasteiger partial charge in [-0.15, -0.1) is 0 Å². The minimum atomic E-state index is -0.450. The van der Waals surface area contributed by atoms with Crippen LogP contribution in [-0.2, 0) is 0 Å². The molecule has 2 heterocycles. The van der Waals surface area contributed by atoms with Gasteiger partial charge in [0.25, 0.3) is 5.69 Å². The molecule has 2 aliphatic heterocycles. The Morgan fingerprint density at radius 3 is 2.47 bits per heavy atom. The first-order valence-electron chi connectivity index (χ1n) is 10.5. The normalized spacial score (nSPS) is 19.1. The zero-order chi connectivity index (χ0) is 21.7. The Morgan fingerprint density at radius 2 is 1.66 bits per heavy atom. The quantitative estimate of drug-likeness (QED) is 0.301. The van der Waals surface area contributed by atoms with E-state index in [1.807, 2.05) is 35.3 Å². The molecule has 6 heteroatoms. The van der Waals surface area contributed by atoms with Gasteiger partial charge in [0.05, 0.1) is 16.7 Å². The second kappa shape index (κ2) is 7.20. The maximum absolute atomic E-state index is 11.1. The van der Waals surface area contributed by atoms with Crippen LogP contribution in [0.2, 0.25) is 0 Å². The van der Waals surface area contributed by atoms with E-state index < -0.39 is 11.2 Å². The van der Waals surface area contributed by atoms with Crippen molar-refractivity contribution in [1.82, 2.24) is 5.01 Å². The highest BCUT2D eigenvalue weighted by molar-refractivity contribution is 6.04. The fourth-order valence-electron chi connectivity index (χ4n) is 4.56. The summed E-state index contributed by atoms with van der Waals surface area (Å²) in [4.78, 5) is 10.7. The SMILES string of the molecule is O=[N+]([O-])c1ccc([C@H]2Oc3ccccc3[C@H]3CC(c4ccc5ccccc5c4)=NN32)cc1. The molecule has 2 aliphatic rings. The summed E-state index contributed by atoms with van der Waals surface area (Å²) in [7, 11) is 0. The van der Waals surface area contributed by atoms with E-state index in [1.165, 1.54) is 22.9 Å². The van der Waals surface area contributed by atoms with Gasteiger partial charge in [-0.1, -0.05) is 54.6 Å². The summed E-state index contributed by atoms with van der Waals surface area (Å²) in [6.45, 7) is 0. The van der Waals surface area contributed by atoms with Crippen molar-refractivity contribution >= 4 is 22.2 Å². The first-order chi connectivity index (χ1) is 15.7. The molecule has 0 saturated carbocycles. The third-order valence-corrected chi connectivity index (χ3v) is 6.17. The summed E-state index contributed by atoms with van der Waals surface area (Å²) in [5, 5.41) is 20.4.